The van der Waals surface area contributed by atoms with Crippen LogP contribution >= 0.6 is 0 Å². The number of nitrogens with zero attached hydrogens (tertiary/aromatic N) is 1. The number of hydrogen-bond donors (Lipinski definition) is 0. The Bertz CT molecular complexity index is 251. The first-order chi connectivity index (χ1) is 5.84. The van der Waals surface area contributed by atoms with Crippen LogP contribution in [-0.4, -0.2) is 11.1 Å². The lowest BCUT2D eigenvalue weighted by Crippen LogP contribution is -2.24. The minimum Gasteiger partial charge on any atom is -0.489 e. The summed E-state index contributed by atoms with van der Waals surface area (Å²) in [6, 6.07) is 3.97. The average molecular weight is 163 g/mol. The van der Waals surface area contributed by atoms with Gasteiger partial charge in [0.15, 0.2) is 0 Å². The van der Waals surface area contributed by atoms with Crippen LogP contribution in [0.4, 0.5) is 0 Å². The van der Waals surface area contributed by atoms with Gasteiger partial charge in [-0.2, -0.15) is 0 Å². The molecule has 0 atom stereocenters. The molecular formula is C10H13NO. The van der Waals surface area contributed by atoms with Gasteiger partial charge >= 0.3 is 0 Å². The first kappa shape index (κ1) is 7.59. The molecule has 64 valence electrons. The van der Waals surface area contributed by atoms with Gasteiger partial charge in [-0.15, -0.1) is 0 Å². The van der Waals surface area contributed by atoms with Crippen molar-refractivity contribution in [2.45, 2.75) is 32.3 Å². The summed E-state index contributed by atoms with van der Waals surface area (Å²) in [6.07, 6.45) is 5.97. The third kappa shape index (κ3) is 1.58. The van der Waals surface area contributed by atoms with Crippen molar-refractivity contribution in [3.05, 3.63) is 24.0 Å². The molecule has 1 fully saturated rings. The van der Waals surface area contributed by atoms with Crippen LogP contribution in [-0.2, 0) is 0 Å². The second kappa shape index (κ2) is 3.13. The van der Waals surface area contributed by atoms with Gasteiger partial charge in [0, 0.05) is 5.69 Å². The topological polar surface area (TPSA) is 22.1 Å². The largest absolute Gasteiger partial charge is 0.489 e. The zero-order valence-electron chi connectivity index (χ0n) is 7.29. The van der Waals surface area contributed by atoms with Crippen LogP contribution in [0, 0.1) is 6.92 Å². The first-order valence-electron chi connectivity index (χ1n) is 4.44. The SMILES string of the molecule is Cc1ccc(OC2CCC2)cn1. The van der Waals surface area contributed by atoms with Crippen LogP contribution in [0.15, 0.2) is 18.3 Å². The maximum atomic E-state index is 5.64. The van der Waals surface area contributed by atoms with E-state index in [2.05, 4.69) is 4.98 Å². The van der Waals surface area contributed by atoms with Crippen molar-refractivity contribution >= 4 is 0 Å². The fourth-order valence-corrected chi connectivity index (χ4v) is 1.21. The Morgan fingerprint density at radius 3 is 2.75 bits per heavy atom. The summed E-state index contributed by atoms with van der Waals surface area (Å²) in [6.45, 7) is 1.98. The van der Waals surface area contributed by atoms with Crippen molar-refractivity contribution < 1.29 is 4.74 Å². The first-order valence-corrected chi connectivity index (χ1v) is 4.44. The van der Waals surface area contributed by atoms with Gasteiger partial charge in [-0.1, -0.05) is 0 Å². The van der Waals surface area contributed by atoms with Crippen LogP contribution in [0.3, 0.4) is 0 Å². The predicted molar refractivity (Wildman–Crippen MR) is 47.2 cm³/mol. The van der Waals surface area contributed by atoms with Crippen molar-refractivity contribution in [2.24, 2.45) is 0 Å². The molecule has 0 amide bonds. The Morgan fingerprint density at radius 2 is 2.25 bits per heavy atom. The Morgan fingerprint density at radius 1 is 1.42 bits per heavy atom. The van der Waals surface area contributed by atoms with Crippen molar-refractivity contribution in [2.75, 3.05) is 0 Å². The Hall–Kier alpha value is -1.05. The molecule has 0 unspecified atom stereocenters. The van der Waals surface area contributed by atoms with E-state index in [9.17, 15) is 0 Å². The highest BCUT2D eigenvalue weighted by Crippen LogP contribution is 2.24. The molecule has 1 aromatic heterocycles. The Labute approximate surface area is 72.6 Å². The summed E-state index contributed by atoms with van der Waals surface area (Å²) in [7, 11) is 0. The van der Waals surface area contributed by atoms with Gasteiger partial charge in [-0.3, -0.25) is 4.98 Å². The van der Waals surface area contributed by atoms with Crippen molar-refractivity contribution in [3.63, 3.8) is 0 Å². The number of aryl methyl sites for hydroxylation is 1. The third-order valence-electron chi connectivity index (χ3n) is 2.24. The monoisotopic (exact) mass is 163 g/mol. The minimum absolute atomic E-state index is 0.453. The molecule has 1 aromatic rings. The molecular weight excluding hydrogens is 150 g/mol. The van der Waals surface area contributed by atoms with Crippen LogP contribution in [0.1, 0.15) is 25.0 Å². The second-order valence-corrected chi connectivity index (χ2v) is 3.31. The lowest BCUT2D eigenvalue weighted by molar-refractivity contribution is 0.120. The molecule has 1 saturated carbocycles. The highest BCUT2D eigenvalue weighted by molar-refractivity contribution is 5.19. The van der Waals surface area contributed by atoms with E-state index in [1.54, 1.807) is 6.20 Å². The molecule has 0 saturated heterocycles. The van der Waals surface area contributed by atoms with E-state index >= 15 is 0 Å². The molecule has 0 spiro atoms. The molecule has 2 nitrogen and oxygen atoms in total. The van der Waals surface area contributed by atoms with E-state index in [0.717, 1.165) is 11.4 Å². The Balaban J connectivity index is 1.98. The molecule has 2 heteroatoms. The minimum atomic E-state index is 0.453. The molecule has 0 bridgehead atoms. The molecule has 1 heterocycles. The van der Waals surface area contributed by atoms with Crippen LogP contribution in [0.5, 0.6) is 5.75 Å². The van der Waals surface area contributed by atoms with Crippen molar-refractivity contribution in [1.82, 2.24) is 4.98 Å². The highest BCUT2D eigenvalue weighted by atomic mass is 16.5. The summed E-state index contributed by atoms with van der Waals surface area (Å²) in [5, 5.41) is 0. The molecule has 0 aromatic carbocycles. The summed E-state index contributed by atoms with van der Waals surface area (Å²) < 4.78 is 5.64. The lowest BCUT2D eigenvalue weighted by atomic mass is 9.96. The molecule has 2 rings (SSSR count). The van der Waals surface area contributed by atoms with Crippen LogP contribution in [0.25, 0.3) is 0 Å². The standard InChI is InChI=1S/C10H13NO/c1-8-5-6-10(7-11-8)12-9-3-2-4-9/h5-7,9H,2-4H2,1H3. The molecule has 0 radical (unpaired) electrons. The van der Waals surface area contributed by atoms with Crippen LogP contribution < -0.4 is 4.74 Å². The van der Waals surface area contributed by atoms with Crippen LogP contribution in [0.2, 0.25) is 0 Å². The normalized spacial score (nSPS) is 17.1. The maximum Gasteiger partial charge on any atom is 0.138 e. The zero-order chi connectivity index (χ0) is 8.39. The van der Waals surface area contributed by atoms with E-state index < -0.39 is 0 Å². The number of hydrogen-bond acceptors (Lipinski definition) is 2. The van der Waals surface area contributed by atoms with Gasteiger partial charge in [0.05, 0.1) is 12.3 Å². The smallest absolute Gasteiger partial charge is 0.138 e. The predicted octanol–water partition coefficient (Wildman–Crippen LogP) is 2.32. The number of aromatic nitrogens is 1. The molecule has 12 heavy (non-hydrogen) atoms. The van der Waals surface area contributed by atoms with Gasteiger partial charge in [-0.05, 0) is 38.3 Å². The molecule has 0 aliphatic heterocycles. The van der Waals surface area contributed by atoms with Gasteiger partial charge in [0.1, 0.15) is 5.75 Å². The van der Waals surface area contributed by atoms with E-state index in [1.165, 1.54) is 19.3 Å². The van der Waals surface area contributed by atoms with Crippen molar-refractivity contribution in [3.8, 4) is 5.75 Å². The number of ether oxygens (including phenoxy) is 1. The van der Waals surface area contributed by atoms with Gasteiger partial charge in [-0.25, -0.2) is 0 Å². The molecule has 1 aliphatic rings. The van der Waals surface area contributed by atoms with E-state index in [1.807, 2.05) is 19.1 Å². The zero-order valence-corrected chi connectivity index (χ0v) is 7.29. The Kier molecular flexibility index (Phi) is 1.98. The molecule has 0 N–H and O–H groups in total. The van der Waals surface area contributed by atoms with Crippen molar-refractivity contribution in [1.29, 1.82) is 0 Å². The fourth-order valence-electron chi connectivity index (χ4n) is 1.21. The quantitative estimate of drug-likeness (QED) is 0.667. The summed E-state index contributed by atoms with van der Waals surface area (Å²) in [5.74, 6) is 0.908. The second-order valence-electron chi connectivity index (χ2n) is 3.31. The van der Waals surface area contributed by atoms with Gasteiger partial charge in [0.2, 0.25) is 0 Å². The highest BCUT2D eigenvalue weighted by Gasteiger charge is 2.18. The lowest BCUT2D eigenvalue weighted by Gasteiger charge is -2.26. The van der Waals surface area contributed by atoms with Gasteiger partial charge < -0.3 is 4.74 Å². The fraction of sp³-hybridized carbons (Fsp3) is 0.500. The summed E-state index contributed by atoms with van der Waals surface area (Å²) in [4.78, 5) is 4.17. The third-order valence-corrected chi connectivity index (χ3v) is 2.24. The van der Waals surface area contributed by atoms with Gasteiger partial charge in [0.25, 0.3) is 0 Å². The molecule has 1 aliphatic carbocycles. The number of pyridine rings is 1. The van der Waals surface area contributed by atoms with E-state index in [4.69, 9.17) is 4.74 Å². The summed E-state index contributed by atoms with van der Waals surface area (Å²) in [5.41, 5.74) is 1.04. The summed E-state index contributed by atoms with van der Waals surface area (Å²) >= 11 is 0. The number of rotatable bonds is 2. The van der Waals surface area contributed by atoms with E-state index in [0.29, 0.717) is 6.10 Å². The maximum absolute atomic E-state index is 5.64. The average Bonchev–Trinajstić information content (AvgIpc) is 2.00. The van der Waals surface area contributed by atoms with E-state index in [-0.39, 0.29) is 0 Å².